The summed E-state index contributed by atoms with van der Waals surface area (Å²) in [6.07, 6.45) is 3.77. The molecule has 0 amide bonds. The van der Waals surface area contributed by atoms with Crippen molar-refractivity contribution in [3.8, 4) is 5.75 Å². The zero-order chi connectivity index (χ0) is 14.7. The number of benzene rings is 1. The first-order valence-electron chi connectivity index (χ1n) is 7.34. The number of nitrogens with two attached hydrogens (primary N) is 1. The monoisotopic (exact) mass is 340 g/mol. The van der Waals surface area contributed by atoms with Gasteiger partial charge in [0.25, 0.3) is 0 Å². The highest BCUT2D eigenvalue weighted by Gasteiger charge is 2.31. The molecule has 20 heavy (non-hydrogen) atoms. The molecule has 1 aromatic rings. The lowest BCUT2D eigenvalue weighted by Gasteiger charge is -2.36. The number of hydrogen-bond donors (Lipinski definition) is 2. The molecule has 0 aliphatic heterocycles. The average molecular weight is 341 g/mol. The third-order valence-electron chi connectivity index (χ3n) is 4.40. The van der Waals surface area contributed by atoms with E-state index < -0.39 is 0 Å². The highest BCUT2D eigenvalue weighted by molar-refractivity contribution is 9.10. The fraction of sp³-hybridized carbons (Fsp3) is 0.625. The summed E-state index contributed by atoms with van der Waals surface area (Å²) in [6, 6.07) is 6.33. The fourth-order valence-corrected chi connectivity index (χ4v) is 4.04. The highest BCUT2D eigenvalue weighted by Crippen LogP contribution is 2.42. The predicted octanol–water partition coefficient (Wildman–Crippen LogP) is 4.03. The maximum atomic E-state index is 5.87. The summed E-state index contributed by atoms with van der Waals surface area (Å²) >= 11 is 3.49. The number of nitrogens with one attached hydrogen (secondary N) is 1. The maximum absolute atomic E-state index is 5.87. The number of methoxy groups -OCH3 is 1. The standard InChI is InChI=1S/C16H25BrN2O/c1-10-6-11(2)8-12(7-10)16(19-18)14-5-4-13(17)9-15(14)20-3/h4-5,9-12,16,19H,6-8,18H2,1-3H3. The Kier molecular flexibility index (Phi) is 5.47. The Morgan fingerprint density at radius 1 is 1.25 bits per heavy atom. The number of ether oxygens (including phenoxy) is 1. The Labute approximate surface area is 130 Å². The molecule has 4 heteroatoms. The summed E-state index contributed by atoms with van der Waals surface area (Å²) in [5, 5.41) is 0. The van der Waals surface area contributed by atoms with Gasteiger partial charge in [-0.2, -0.15) is 0 Å². The second-order valence-electron chi connectivity index (χ2n) is 6.21. The molecule has 0 bridgehead atoms. The van der Waals surface area contributed by atoms with Crippen molar-refractivity contribution in [2.24, 2.45) is 23.6 Å². The third kappa shape index (κ3) is 3.54. The van der Waals surface area contributed by atoms with Crippen molar-refractivity contribution in [3.05, 3.63) is 28.2 Å². The third-order valence-corrected chi connectivity index (χ3v) is 4.89. The van der Waals surface area contributed by atoms with Gasteiger partial charge < -0.3 is 4.74 Å². The van der Waals surface area contributed by atoms with Gasteiger partial charge in [-0.05, 0) is 49.1 Å². The van der Waals surface area contributed by atoms with Crippen LogP contribution in [0.4, 0.5) is 0 Å². The Morgan fingerprint density at radius 2 is 1.90 bits per heavy atom. The molecule has 3 unspecified atom stereocenters. The predicted molar refractivity (Wildman–Crippen MR) is 86.4 cm³/mol. The van der Waals surface area contributed by atoms with Gasteiger partial charge in [0.1, 0.15) is 5.75 Å². The summed E-state index contributed by atoms with van der Waals surface area (Å²) in [4.78, 5) is 0. The topological polar surface area (TPSA) is 47.3 Å². The van der Waals surface area contributed by atoms with Gasteiger partial charge in [0, 0.05) is 10.0 Å². The highest BCUT2D eigenvalue weighted by atomic mass is 79.9. The van der Waals surface area contributed by atoms with Crippen LogP contribution in [-0.2, 0) is 0 Å². The molecule has 0 saturated heterocycles. The van der Waals surface area contributed by atoms with Gasteiger partial charge in [0.15, 0.2) is 0 Å². The Bertz CT molecular complexity index is 442. The summed E-state index contributed by atoms with van der Waals surface area (Å²) in [5.74, 6) is 8.86. The van der Waals surface area contributed by atoms with Crippen LogP contribution in [0, 0.1) is 17.8 Å². The Balaban J connectivity index is 2.27. The smallest absolute Gasteiger partial charge is 0.124 e. The van der Waals surface area contributed by atoms with Crippen molar-refractivity contribution in [2.45, 2.75) is 39.2 Å². The average Bonchev–Trinajstić information content (AvgIpc) is 2.40. The molecule has 0 aromatic heterocycles. The van der Waals surface area contributed by atoms with Crippen LogP contribution in [0.5, 0.6) is 5.75 Å². The zero-order valence-electron chi connectivity index (χ0n) is 12.5. The number of rotatable bonds is 4. The van der Waals surface area contributed by atoms with E-state index in [4.69, 9.17) is 10.6 Å². The van der Waals surface area contributed by atoms with E-state index in [2.05, 4.69) is 47.3 Å². The van der Waals surface area contributed by atoms with E-state index in [9.17, 15) is 0 Å². The minimum absolute atomic E-state index is 0.156. The Hall–Kier alpha value is -0.580. The summed E-state index contributed by atoms with van der Waals surface area (Å²) < 4.78 is 6.55. The van der Waals surface area contributed by atoms with Gasteiger partial charge in [0.05, 0.1) is 13.2 Å². The van der Waals surface area contributed by atoms with E-state index in [0.29, 0.717) is 5.92 Å². The molecular formula is C16H25BrN2O. The molecule has 1 aromatic carbocycles. The van der Waals surface area contributed by atoms with Gasteiger partial charge in [-0.3, -0.25) is 11.3 Å². The second kappa shape index (κ2) is 6.92. The lowest BCUT2D eigenvalue weighted by atomic mass is 9.72. The lowest BCUT2D eigenvalue weighted by molar-refractivity contribution is 0.175. The molecule has 1 fully saturated rings. The van der Waals surface area contributed by atoms with Crippen molar-refractivity contribution in [3.63, 3.8) is 0 Å². The van der Waals surface area contributed by atoms with Crippen molar-refractivity contribution in [1.82, 2.24) is 5.43 Å². The van der Waals surface area contributed by atoms with Gasteiger partial charge in [-0.15, -0.1) is 0 Å². The minimum atomic E-state index is 0.156. The molecule has 0 radical (unpaired) electrons. The van der Waals surface area contributed by atoms with Crippen LogP contribution >= 0.6 is 15.9 Å². The normalized spacial score (nSPS) is 28.1. The molecule has 2 rings (SSSR count). The molecule has 1 saturated carbocycles. The first-order chi connectivity index (χ1) is 9.55. The molecule has 3 N–H and O–H groups in total. The molecule has 1 aliphatic rings. The molecule has 112 valence electrons. The van der Waals surface area contributed by atoms with Gasteiger partial charge in [0.2, 0.25) is 0 Å². The second-order valence-corrected chi connectivity index (χ2v) is 7.12. The van der Waals surface area contributed by atoms with Crippen molar-refractivity contribution in [2.75, 3.05) is 7.11 Å². The van der Waals surface area contributed by atoms with Crippen molar-refractivity contribution >= 4 is 15.9 Å². The molecule has 0 spiro atoms. The SMILES string of the molecule is COc1cc(Br)ccc1C(NN)C1CC(C)CC(C)C1. The Morgan fingerprint density at radius 3 is 2.45 bits per heavy atom. The first-order valence-corrected chi connectivity index (χ1v) is 8.14. The van der Waals surface area contributed by atoms with E-state index in [0.717, 1.165) is 27.6 Å². The van der Waals surface area contributed by atoms with E-state index in [-0.39, 0.29) is 6.04 Å². The number of hydrazine groups is 1. The van der Waals surface area contributed by atoms with Crippen molar-refractivity contribution < 1.29 is 4.74 Å². The van der Waals surface area contributed by atoms with Crippen molar-refractivity contribution in [1.29, 1.82) is 0 Å². The van der Waals surface area contributed by atoms with Crippen LogP contribution < -0.4 is 16.0 Å². The van der Waals surface area contributed by atoms with Crippen LogP contribution in [-0.4, -0.2) is 7.11 Å². The molecule has 3 atom stereocenters. The first kappa shape index (κ1) is 15.8. The number of halogens is 1. The zero-order valence-corrected chi connectivity index (χ0v) is 14.1. The summed E-state index contributed by atoms with van der Waals surface area (Å²) in [7, 11) is 1.71. The fourth-order valence-electron chi connectivity index (χ4n) is 3.70. The van der Waals surface area contributed by atoms with Crippen LogP contribution in [0.3, 0.4) is 0 Å². The van der Waals surface area contributed by atoms with Crippen LogP contribution in [0.25, 0.3) is 0 Å². The van der Waals surface area contributed by atoms with E-state index in [1.807, 2.05) is 6.07 Å². The summed E-state index contributed by atoms with van der Waals surface area (Å²) in [5.41, 5.74) is 4.18. The van der Waals surface area contributed by atoms with Gasteiger partial charge in [-0.25, -0.2) is 0 Å². The quantitative estimate of drug-likeness (QED) is 0.642. The van der Waals surface area contributed by atoms with Gasteiger partial charge >= 0.3 is 0 Å². The minimum Gasteiger partial charge on any atom is -0.496 e. The molecule has 3 nitrogen and oxygen atoms in total. The van der Waals surface area contributed by atoms with Crippen LogP contribution in [0.15, 0.2) is 22.7 Å². The van der Waals surface area contributed by atoms with E-state index in [1.54, 1.807) is 7.11 Å². The van der Waals surface area contributed by atoms with E-state index in [1.165, 1.54) is 19.3 Å². The maximum Gasteiger partial charge on any atom is 0.124 e. The van der Waals surface area contributed by atoms with Crippen LogP contribution in [0.1, 0.15) is 44.7 Å². The van der Waals surface area contributed by atoms with E-state index >= 15 is 0 Å². The molecular weight excluding hydrogens is 316 g/mol. The van der Waals surface area contributed by atoms with Crippen LogP contribution in [0.2, 0.25) is 0 Å². The molecule has 1 aliphatic carbocycles. The largest absolute Gasteiger partial charge is 0.496 e. The summed E-state index contributed by atoms with van der Waals surface area (Å²) in [6.45, 7) is 4.68. The van der Waals surface area contributed by atoms with Gasteiger partial charge in [-0.1, -0.05) is 35.8 Å². The number of hydrogen-bond acceptors (Lipinski definition) is 3. The lowest BCUT2D eigenvalue weighted by Crippen LogP contribution is -2.37. The molecule has 0 heterocycles.